The van der Waals surface area contributed by atoms with Gasteiger partial charge in [-0.1, -0.05) is 19.8 Å². The number of H-pyrrole nitrogens is 1. The lowest BCUT2D eigenvalue weighted by Gasteiger charge is -2.35. The number of hydrogen-bond donors (Lipinski definition) is 2. The highest BCUT2D eigenvalue weighted by Crippen LogP contribution is 2.20. The summed E-state index contributed by atoms with van der Waals surface area (Å²) >= 11 is 0. The molecule has 1 atom stereocenters. The average molecular weight is 364 g/mol. The molecule has 0 aromatic carbocycles. The third-order valence-electron chi connectivity index (χ3n) is 5.19. The number of unbranched alkanes of at least 4 members (excludes halogenated alkanes) is 1. The number of aromatic nitrogens is 1. The lowest BCUT2D eigenvalue weighted by Crippen LogP contribution is -2.47. The van der Waals surface area contributed by atoms with Crippen LogP contribution >= 0.6 is 0 Å². The van der Waals surface area contributed by atoms with Crippen molar-refractivity contribution in [3.63, 3.8) is 0 Å². The van der Waals surface area contributed by atoms with Gasteiger partial charge < -0.3 is 15.0 Å². The van der Waals surface area contributed by atoms with E-state index in [4.69, 9.17) is 4.74 Å². The van der Waals surface area contributed by atoms with Gasteiger partial charge in [0.15, 0.2) is 0 Å². The largest absolute Gasteiger partial charge is 0.462 e. The number of aromatic amines is 1. The minimum Gasteiger partial charge on any atom is -0.462 e. The Kier molecular flexibility index (Phi) is 7.69. The van der Waals surface area contributed by atoms with Gasteiger partial charge in [-0.2, -0.15) is 0 Å². The standard InChI is InChI=1S/C20H33N3O3/c1-5-7-11-23-12-9-8-10-16(23)13-21-19(24)18-14(3)17(15(4)22-18)20(25)26-6-2/h16,22H,5-13H2,1-4H3,(H,21,24). The lowest BCUT2D eigenvalue weighted by molar-refractivity contribution is 0.0525. The number of rotatable bonds is 8. The van der Waals surface area contributed by atoms with Gasteiger partial charge in [0.1, 0.15) is 5.69 Å². The zero-order valence-electron chi connectivity index (χ0n) is 16.6. The number of carbonyl (C=O) groups excluding carboxylic acids is 2. The molecule has 1 unspecified atom stereocenters. The van der Waals surface area contributed by atoms with Gasteiger partial charge in [-0.05, 0) is 58.7 Å². The minimum atomic E-state index is -0.379. The Balaban J connectivity index is 2.01. The van der Waals surface area contributed by atoms with Crippen LogP contribution < -0.4 is 5.32 Å². The van der Waals surface area contributed by atoms with Gasteiger partial charge in [-0.15, -0.1) is 0 Å². The van der Waals surface area contributed by atoms with Crippen molar-refractivity contribution in [1.82, 2.24) is 15.2 Å². The Labute approximate surface area is 156 Å². The van der Waals surface area contributed by atoms with Crippen LogP contribution in [-0.4, -0.2) is 54.0 Å². The van der Waals surface area contributed by atoms with Crippen molar-refractivity contribution < 1.29 is 14.3 Å². The summed E-state index contributed by atoms with van der Waals surface area (Å²) in [5.74, 6) is -0.530. The first kappa shape index (κ1) is 20.5. The Morgan fingerprint density at radius 2 is 2.04 bits per heavy atom. The molecule has 6 nitrogen and oxygen atoms in total. The highest BCUT2D eigenvalue weighted by atomic mass is 16.5. The van der Waals surface area contributed by atoms with Crippen molar-refractivity contribution in [2.75, 3.05) is 26.2 Å². The van der Waals surface area contributed by atoms with Crippen LogP contribution in [0.25, 0.3) is 0 Å². The number of ether oxygens (including phenoxy) is 1. The fourth-order valence-corrected chi connectivity index (χ4v) is 3.73. The molecule has 2 rings (SSSR count). The van der Waals surface area contributed by atoms with E-state index in [1.807, 2.05) is 0 Å². The molecule has 1 saturated heterocycles. The summed E-state index contributed by atoms with van der Waals surface area (Å²) in [5.41, 5.74) is 2.26. The van der Waals surface area contributed by atoms with E-state index in [2.05, 4.69) is 22.1 Å². The zero-order chi connectivity index (χ0) is 19.1. The number of aryl methyl sites for hydroxylation is 1. The molecular formula is C20H33N3O3. The molecule has 1 aromatic rings. The molecule has 0 saturated carbocycles. The number of likely N-dealkylation sites (tertiary alicyclic amines) is 1. The molecule has 26 heavy (non-hydrogen) atoms. The fourth-order valence-electron chi connectivity index (χ4n) is 3.73. The van der Waals surface area contributed by atoms with Crippen molar-refractivity contribution in [3.05, 3.63) is 22.5 Å². The molecular weight excluding hydrogens is 330 g/mol. The molecule has 1 aliphatic rings. The average Bonchev–Trinajstić information content (AvgIpc) is 2.93. The molecule has 1 amide bonds. The smallest absolute Gasteiger partial charge is 0.340 e. The third-order valence-corrected chi connectivity index (χ3v) is 5.19. The van der Waals surface area contributed by atoms with E-state index in [1.54, 1.807) is 20.8 Å². The van der Waals surface area contributed by atoms with Gasteiger partial charge in [0.25, 0.3) is 5.91 Å². The number of hydrogen-bond acceptors (Lipinski definition) is 4. The quantitative estimate of drug-likeness (QED) is 0.696. The molecule has 2 heterocycles. The molecule has 2 N–H and O–H groups in total. The number of nitrogens with zero attached hydrogens (tertiary/aromatic N) is 1. The molecule has 0 spiro atoms. The van der Waals surface area contributed by atoms with Crippen molar-refractivity contribution in [2.24, 2.45) is 0 Å². The predicted octanol–water partition coefficient (Wildman–Crippen LogP) is 3.19. The number of esters is 1. The van der Waals surface area contributed by atoms with Crippen LogP contribution in [0, 0.1) is 13.8 Å². The van der Waals surface area contributed by atoms with Crippen molar-refractivity contribution in [2.45, 2.75) is 65.8 Å². The van der Waals surface area contributed by atoms with Gasteiger partial charge in [-0.25, -0.2) is 4.79 Å². The summed E-state index contributed by atoms with van der Waals surface area (Å²) in [4.78, 5) is 30.3. The van der Waals surface area contributed by atoms with E-state index >= 15 is 0 Å². The second kappa shape index (κ2) is 9.76. The zero-order valence-corrected chi connectivity index (χ0v) is 16.6. The van der Waals surface area contributed by atoms with Gasteiger partial charge in [0.2, 0.25) is 0 Å². The summed E-state index contributed by atoms with van der Waals surface area (Å²) in [6.45, 7) is 10.8. The number of nitrogens with one attached hydrogen (secondary N) is 2. The second-order valence-corrected chi connectivity index (χ2v) is 7.09. The maximum Gasteiger partial charge on any atom is 0.340 e. The Morgan fingerprint density at radius 3 is 2.73 bits per heavy atom. The lowest BCUT2D eigenvalue weighted by atomic mass is 10.0. The normalized spacial score (nSPS) is 17.9. The highest BCUT2D eigenvalue weighted by molar-refractivity contribution is 6.00. The summed E-state index contributed by atoms with van der Waals surface area (Å²) in [6, 6.07) is 0.403. The van der Waals surface area contributed by atoms with E-state index in [9.17, 15) is 9.59 Å². The van der Waals surface area contributed by atoms with Gasteiger partial charge in [0.05, 0.1) is 12.2 Å². The van der Waals surface area contributed by atoms with E-state index in [0.717, 1.165) is 19.5 Å². The highest BCUT2D eigenvalue weighted by Gasteiger charge is 2.25. The number of carbonyl (C=O) groups is 2. The van der Waals surface area contributed by atoms with E-state index in [-0.39, 0.29) is 11.9 Å². The summed E-state index contributed by atoms with van der Waals surface area (Å²) in [5, 5.41) is 3.06. The Morgan fingerprint density at radius 1 is 1.27 bits per heavy atom. The van der Waals surface area contributed by atoms with Crippen LogP contribution in [-0.2, 0) is 4.74 Å². The first-order valence-corrected chi connectivity index (χ1v) is 9.88. The molecule has 1 aromatic heterocycles. The van der Waals surface area contributed by atoms with Gasteiger partial charge in [0, 0.05) is 18.3 Å². The van der Waals surface area contributed by atoms with Crippen LogP contribution in [0.4, 0.5) is 0 Å². The van der Waals surface area contributed by atoms with E-state index in [0.29, 0.717) is 41.7 Å². The van der Waals surface area contributed by atoms with Crippen LogP contribution in [0.2, 0.25) is 0 Å². The van der Waals surface area contributed by atoms with Gasteiger partial charge in [-0.3, -0.25) is 9.69 Å². The predicted molar refractivity (Wildman–Crippen MR) is 103 cm³/mol. The first-order valence-electron chi connectivity index (χ1n) is 9.88. The molecule has 0 radical (unpaired) electrons. The third kappa shape index (κ3) is 4.87. The van der Waals surface area contributed by atoms with Gasteiger partial charge >= 0.3 is 5.97 Å². The van der Waals surface area contributed by atoms with Crippen molar-refractivity contribution in [3.8, 4) is 0 Å². The molecule has 0 aliphatic carbocycles. The molecule has 0 bridgehead atoms. The van der Waals surface area contributed by atoms with Crippen LogP contribution in [0.5, 0.6) is 0 Å². The molecule has 1 aliphatic heterocycles. The van der Waals surface area contributed by atoms with Crippen LogP contribution in [0.3, 0.4) is 0 Å². The molecule has 6 heteroatoms. The SMILES string of the molecule is CCCCN1CCCCC1CNC(=O)c1[nH]c(C)c(C(=O)OCC)c1C. The second-order valence-electron chi connectivity index (χ2n) is 7.09. The maximum absolute atomic E-state index is 12.7. The summed E-state index contributed by atoms with van der Waals surface area (Å²) < 4.78 is 5.09. The Bertz CT molecular complexity index is 624. The summed E-state index contributed by atoms with van der Waals surface area (Å²) in [6.07, 6.45) is 5.97. The van der Waals surface area contributed by atoms with Crippen molar-refractivity contribution >= 4 is 11.9 Å². The molecule has 1 fully saturated rings. The monoisotopic (exact) mass is 363 g/mol. The van der Waals surface area contributed by atoms with Crippen molar-refractivity contribution in [1.29, 1.82) is 0 Å². The van der Waals surface area contributed by atoms with Crippen LogP contribution in [0.15, 0.2) is 0 Å². The number of amides is 1. The maximum atomic E-state index is 12.7. The Hall–Kier alpha value is -1.82. The van der Waals surface area contributed by atoms with E-state index in [1.165, 1.54) is 25.7 Å². The molecule has 146 valence electrons. The first-order chi connectivity index (χ1) is 12.5. The fraction of sp³-hybridized carbons (Fsp3) is 0.700. The van der Waals surface area contributed by atoms with Crippen LogP contribution in [0.1, 0.15) is 78.1 Å². The summed E-state index contributed by atoms with van der Waals surface area (Å²) in [7, 11) is 0. The number of piperidine rings is 1. The minimum absolute atomic E-state index is 0.151. The van der Waals surface area contributed by atoms with E-state index < -0.39 is 0 Å². The topological polar surface area (TPSA) is 74.4 Å².